The fraction of sp³-hybridized carbons (Fsp3) is 0.476. The SMILES string of the molecule is CC(C)n1ccc(-c2nc([C@H]3C[C@@H](c4ccccc4)N4CCC[C@H]34)no2)n1. The van der Waals surface area contributed by atoms with Crippen molar-refractivity contribution < 1.29 is 4.52 Å². The molecular weight excluding hydrogens is 338 g/mol. The molecule has 1 aromatic carbocycles. The largest absolute Gasteiger partial charge is 0.332 e. The van der Waals surface area contributed by atoms with Crippen molar-refractivity contribution in [2.75, 3.05) is 6.54 Å². The van der Waals surface area contributed by atoms with Crippen LogP contribution in [0.15, 0.2) is 47.1 Å². The second-order valence-electron chi connectivity index (χ2n) is 7.95. The van der Waals surface area contributed by atoms with E-state index in [1.54, 1.807) is 0 Å². The molecule has 0 aliphatic carbocycles. The first-order valence-corrected chi connectivity index (χ1v) is 9.90. The highest BCUT2D eigenvalue weighted by molar-refractivity contribution is 5.45. The van der Waals surface area contributed by atoms with Gasteiger partial charge in [-0.25, -0.2) is 0 Å². The average Bonchev–Trinajstić information content (AvgIpc) is 3.43. The van der Waals surface area contributed by atoms with Crippen molar-refractivity contribution in [1.82, 2.24) is 24.8 Å². The first-order chi connectivity index (χ1) is 13.2. The molecule has 0 N–H and O–H groups in total. The first-order valence-electron chi connectivity index (χ1n) is 9.90. The van der Waals surface area contributed by atoms with Crippen LogP contribution in [0.4, 0.5) is 0 Å². The molecule has 6 nitrogen and oxygen atoms in total. The monoisotopic (exact) mass is 363 g/mol. The summed E-state index contributed by atoms with van der Waals surface area (Å²) < 4.78 is 7.51. The van der Waals surface area contributed by atoms with Gasteiger partial charge in [0.2, 0.25) is 0 Å². The lowest BCUT2D eigenvalue weighted by molar-refractivity contribution is 0.243. The van der Waals surface area contributed by atoms with Crippen LogP contribution in [0.1, 0.15) is 62.5 Å². The second kappa shape index (κ2) is 6.60. The summed E-state index contributed by atoms with van der Waals surface area (Å²) in [6.07, 6.45) is 5.46. The lowest BCUT2D eigenvalue weighted by atomic mass is 9.94. The maximum atomic E-state index is 5.59. The fourth-order valence-corrected chi connectivity index (χ4v) is 4.68. The number of benzene rings is 1. The third-order valence-corrected chi connectivity index (χ3v) is 6.00. The summed E-state index contributed by atoms with van der Waals surface area (Å²) in [5, 5.41) is 8.91. The number of fused-ring (bicyclic) bond motifs is 1. The predicted octanol–water partition coefficient (Wildman–Crippen LogP) is 4.21. The van der Waals surface area contributed by atoms with Crippen LogP contribution in [0.3, 0.4) is 0 Å². The summed E-state index contributed by atoms with van der Waals surface area (Å²) in [4.78, 5) is 7.39. The Balaban J connectivity index is 1.42. The second-order valence-corrected chi connectivity index (χ2v) is 7.95. The first kappa shape index (κ1) is 16.7. The van der Waals surface area contributed by atoms with Gasteiger partial charge in [-0.3, -0.25) is 9.58 Å². The quantitative estimate of drug-likeness (QED) is 0.695. The summed E-state index contributed by atoms with van der Waals surface area (Å²) in [6.45, 7) is 5.37. The van der Waals surface area contributed by atoms with E-state index in [9.17, 15) is 0 Å². The van der Waals surface area contributed by atoms with Crippen molar-refractivity contribution >= 4 is 0 Å². The number of rotatable bonds is 4. The van der Waals surface area contributed by atoms with Gasteiger partial charge in [0.15, 0.2) is 11.5 Å². The van der Waals surface area contributed by atoms with Crippen molar-refractivity contribution in [3.8, 4) is 11.6 Å². The van der Waals surface area contributed by atoms with Crippen LogP contribution in [0.5, 0.6) is 0 Å². The molecule has 2 aliphatic heterocycles. The van der Waals surface area contributed by atoms with Gasteiger partial charge >= 0.3 is 0 Å². The van der Waals surface area contributed by atoms with Gasteiger partial charge in [-0.15, -0.1) is 0 Å². The van der Waals surface area contributed by atoms with Crippen LogP contribution in [0.25, 0.3) is 11.6 Å². The molecular formula is C21H25N5O. The van der Waals surface area contributed by atoms with Crippen molar-refractivity contribution in [2.45, 2.75) is 57.2 Å². The molecule has 0 amide bonds. The highest BCUT2D eigenvalue weighted by atomic mass is 16.5. The van der Waals surface area contributed by atoms with E-state index in [1.807, 2.05) is 16.9 Å². The lowest BCUT2D eigenvalue weighted by Crippen LogP contribution is -2.27. The molecule has 27 heavy (non-hydrogen) atoms. The van der Waals surface area contributed by atoms with Crippen molar-refractivity contribution in [3.05, 3.63) is 54.0 Å². The Bertz CT molecular complexity index is 916. The third-order valence-electron chi connectivity index (χ3n) is 6.00. The van der Waals surface area contributed by atoms with Gasteiger partial charge in [0, 0.05) is 30.2 Å². The third kappa shape index (κ3) is 2.88. The Morgan fingerprint density at radius 3 is 2.78 bits per heavy atom. The topological polar surface area (TPSA) is 60.0 Å². The summed E-state index contributed by atoms with van der Waals surface area (Å²) in [7, 11) is 0. The van der Waals surface area contributed by atoms with Gasteiger partial charge in [-0.1, -0.05) is 35.5 Å². The highest BCUT2D eigenvalue weighted by Crippen LogP contribution is 2.48. The summed E-state index contributed by atoms with van der Waals surface area (Å²) in [6, 6.07) is 14.0. The molecule has 4 heterocycles. The van der Waals surface area contributed by atoms with Crippen molar-refractivity contribution in [1.29, 1.82) is 0 Å². The Morgan fingerprint density at radius 1 is 1.15 bits per heavy atom. The molecule has 0 saturated carbocycles. The van der Waals surface area contributed by atoms with E-state index in [1.165, 1.54) is 18.4 Å². The van der Waals surface area contributed by atoms with Crippen molar-refractivity contribution in [2.24, 2.45) is 0 Å². The van der Waals surface area contributed by atoms with Gasteiger partial charge in [0.1, 0.15) is 0 Å². The smallest absolute Gasteiger partial charge is 0.278 e. The van der Waals surface area contributed by atoms with E-state index in [2.05, 4.69) is 59.3 Å². The maximum Gasteiger partial charge on any atom is 0.278 e. The number of aromatic nitrogens is 4. The zero-order valence-corrected chi connectivity index (χ0v) is 15.8. The predicted molar refractivity (Wildman–Crippen MR) is 102 cm³/mol. The molecule has 0 unspecified atom stereocenters. The molecule has 0 spiro atoms. The number of hydrogen-bond acceptors (Lipinski definition) is 5. The van der Waals surface area contributed by atoms with E-state index in [-0.39, 0.29) is 0 Å². The fourth-order valence-electron chi connectivity index (χ4n) is 4.68. The Hall–Kier alpha value is -2.47. The molecule has 140 valence electrons. The van der Waals surface area contributed by atoms with Gasteiger partial charge < -0.3 is 4.52 Å². The Labute approximate surface area is 159 Å². The Kier molecular flexibility index (Phi) is 4.08. The molecule has 3 aromatic rings. The lowest BCUT2D eigenvalue weighted by Gasteiger charge is -2.24. The normalized spacial score (nSPS) is 25.4. The molecule has 0 bridgehead atoms. The Morgan fingerprint density at radius 2 is 2.00 bits per heavy atom. The minimum Gasteiger partial charge on any atom is -0.332 e. The van der Waals surface area contributed by atoms with Crippen LogP contribution in [-0.2, 0) is 0 Å². The van der Waals surface area contributed by atoms with E-state index < -0.39 is 0 Å². The standard InChI is InChI=1S/C21H25N5O/c1-14(2)26-12-10-17(23-26)21-22-20(24-27-21)16-13-19(15-7-4-3-5-8-15)25-11-6-9-18(16)25/h3-5,7-8,10,12,14,16,18-19H,6,9,11,13H2,1-2H3/t16-,18+,19-/m0/s1. The molecule has 2 aromatic heterocycles. The highest BCUT2D eigenvalue weighted by Gasteiger charge is 2.46. The van der Waals surface area contributed by atoms with Crippen molar-refractivity contribution in [3.63, 3.8) is 0 Å². The summed E-state index contributed by atoms with van der Waals surface area (Å²) in [5.41, 5.74) is 2.15. The molecule has 3 atom stereocenters. The molecule has 6 heteroatoms. The number of hydrogen-bond donors (Lipinski definition) is 0. The van der Waals surface area contributed by atoms with E-state index in [0.717, 1.165) is 24.5 Å². The molecule has 5 rings (SSSR count). The summed E-state index contributed by atoms with van der Waals surface area (Å²) in [5.74, 6) is 1.68. The van der Waals surface area contributed by atoms with E-state index in [0.29, 0.717) is 29.9 Å². The minimum atomic E-state index is 0.314. The molecule has 2 saturated heterocycles. The molecule has 0 radical (unpaired) electrons. The zero-order chi connectivity index (χ0) is 18.4. The van der Waals surface area contributed by atoms with Crippen LogP contribution >= 0.6 is 0 Å². The maximum absolute atomic E-state index is 5.59. The van der Waals surface area contributed by atoms with Crippen LogP contribution < -0.4 is 0 Å². The van der Waals surface area contributed by atoms with Gasteiger partial charge in [-0.05, 0) is 51.3 Å². The van der Waals surface area contributed by atoms with Gasteiger partial charge in [0.05, 0.1) is 0 Å². The number of nitrogens with zero attached hydrogens (tertiary/aromatic N) is 5. The van der Waals surface area contributed by atoms with Gasteiger partial charge in [-0.2, -0.15) is 10.1 Å². The summed E-state index contributed by atoms with van der Waals surface area (Å²) >= 11 is 0. The van der Waals surface area contributed by atoms with Gasteiger partial charge in [0.25, 0.3) is 5.89 Å². The van der Waals surface area contributed by atoms with Crippen LogP contribution in [0, 0.1) is 0 Å². The average molecular weight is 363 g/mol. The molecule has 2 aliphatic rings. The van der Waals surface area contributed by atoms with E-state index >= 15 is 0 Å². The van der Waals surface area contributed by atoms with Crippen LogP contribution in [0.2, 0.25) is 0 Å². The minimum absolute atomic E-state index is 0.314. The van der Waals surface area contributed by atoms with E-state index in [4.69, 9.17) is 9.51 Å². The molecule has 2 fully saturated rings. The van der Waals surface area contributed by atoms with Crippen LogP contribution in [-0.4, -0.2) is 37.4 Å². The zero-order valence-electron chi connectivity index (χ0n) is 15.8.